The number of amides is 1. The largest absolute Gasteiger partial charge is 0.303 e. The molecule has 1 amide bonds. The minimum Gasteiger partial charge on any atom is -0.303 e. The van der Waals surface area contributed by atoms with Gasteiger partial charge in [-0.2, -0.15) is 0 Å². The molecule has 1 aliphatic rings. The van der Waals surface area contributed by atoms with Crippen molar-refractivity contribution >= 4 is 33.0 Å². The molecule has 0 saturated heterocycles. The summed E-state index contributed by atoms with van der Waals surface area (Å²) in [5, 5.41) is 1.10. The molecular formula is C19H17ClFNO3S. The molecular weight excluding hydrogens is 377 g/mol. The van der Waals surface area contributed by atoms with Crippen molar-refractivity contribution in [1.82, 2.24) is 0 Å². The molecule has 1 heterocycles. The van der Waals surface area contributed by atoms with E-state index in [9.17, 15) is 17.6 Å². The molecule has 3 rings (SSSR count). The predicted octanol–water partition coefficient (Wildman–Crippen LogP) is 3.30. The fourth-order valence-electron chi connectivity index (χ4n) is 3.03. The van der Waals surface area contributed by atoms with Gasteiger partial charge in [-0.25, -0.2) is 12.8 Å². The third-order valence-corrected chi connectivity index (χ3v) is 5.77. The van der Waals surface area contributed by atoms with Crippen LogP contribution in [0.4, 0.5) is 10.1 Å². The van der Waals surface area contributed by atoms with E-state index in [0.29, 0.717) is 17.7 Å². The van der Waals surface area contributed by atoms with Gasteiger partial charge in [0, 0.05) is 11.1 Å². The van der Waals surface area contributed by atoms with Crippen LogP contribution < -0.4 is 4.90 Å². The van der Waals surface area contributed by atoms with Crippen molar-refractivity contribution in [2.24, 2.45) is 0 Å². The first-order chi connectivity index (χ1) is 12.4. The number of benzene rings is 2. The van der Waals surface area contributed by atoms with Crippen LogP contribution in [0.3, 0.4) is 0 Å². The Morgan fingerprint density at radius 1 is 1.19 bits per heavy atom. The van der Waals surface area contributed by atoms with Gasteiger partial charge in [-0.1, -0.05) is 30.3 Å². The van der Waals surface area contributed by atoms with E-state index in [1.807, 2.05) is 30.3 Å². The van der Waals surface area contributed by atoms with Crippen LogP contribution in [-0.4, -0.2) is 32.0 Å². The topological polar surface area (TPSA) is 54.5 Å². The summed E-state index contributed by atoms with van der Waals surface area (Å²) in [7, 11) is -3.36. The van der Waals surface area contributed by atoms with Crippen LogP contribution in [0.15, 0.2) is 60.0 Å². The molecule has 1 unspecified atom stereocenters. The van der Waals surface area contributed by atoms with Crippen molar-refractivity contribution in [3.05, 3.63) is 77.0 Å². The summed E-state index contributed by atoms with van der Waals surface area (Å²) < 4.78 is 37.5. The van der Waals surface area contributed by atoms with Crippen molar-refractivity contribution in [3.63, 3.8) is 0 Å². The van der Waals surface area contributed by atoms with Crippen LogP contribution in [0.25, 0.3) is 0 Å². The van der Waals surface area contributed by atoms with E-state index >= 15 is 0 Å². The van der Waals surface area contributed by atoms with E-state index in [1.54, 1.807) is 0 Å². The summed E-state index contributed by atoms with van der Waals surface area (Å²) in [4.78, 5) is 13.8. The van der Waals surface area contributed by atoms with E-state index in [1.165, 1.54) is 29.2 Å². The smallest absolute Gasteiger partial charge is 0.242 e. The molecule has 1 aliphatic heterocycles. The van der Waals surface area contributed by atoms with E-state index in [-0.39, 0.29) is 11.6 Å². The minimum atomic E-state index is -3.36. The summed E-state index contributed by atoms with van der Waals surface area (Å²) in [5.41, 5.74) is 2.01. The third-order valence-electron chi connectivity index (χ3n) is 4.16. The Balaban J connectivity index is 2.04. The van der Waals surface area contributed by atoms with Gasteiger partial charge in [0.15, 0.2) is 9.84 Å². The van der Waals surface area contributed by atoms with Crippen LogP contribution in [0.5, 0.6) is 0 Å². The Bertz CT molecular complexity index is 945. The van der Waals surface area contributed by atoms with Crippen LogP contribution >= 0.6 is 11.6 Å². The SMILES string of the molecule is O=C(CCl)N(c1ccc(F)cc1Cc1ccccc1)C1C=CS(=O)(=O)C1. The van der Waals surface area contributed by atoms with E-state index < -0.39 is 27.6 Å². The highest BCUT2D eigenvalue weighted by molar-refractivity contribution is 7.94. The number of anilines is 1. The number of carbonyl (C=O) groups excluding carboxylic acids is 1. The lowest BCUT2D eigenvalue weighted by molar-refractivity contribution is -0.116. The highest BCUT2D eigenvalue weighted by Crippen LogP contribution is 2.29. The Morgan fingerprint density at radius 2 is 1.92 bits per heavy atom. The zero-order valence-electron chi connectivity index (χ0n) is 13.8. The zero-order chi connectivity index (χ0) is 18.7. The molecule has 0 fully saturated rings. The fraction of sp³-hybridized carbons (Fsp3) is 0.211. The van der Waals surface area contributed by atoms with Gasteiger partial charge in [-0.15, -0.1) is 11.6 Å². The number of nitrogens with zero attached hydrogens (tertiary/aromatic N) is 1. The van der Waals surface area contributed by atoms with E-state index in [4.69, 9.17) is 11.6 Å². The molecule has 0 aliphatic carbocycles. The number of alkyl halides is 1. The number of hydrogen-bond acceptors (Lipinski definition) is 3. The Morgan fingerprint density at radius 3 is 2.54 bits per heavy atom. The van der Waals surface area contributed by atoms with Gasteiger partial charge in [0.25, 0.3) is 0 Å². The Labute approximate surface area is 156 Å². The second-order valence-corrected chi connectivity index (χ2v) is 8.26. The first-order valence-corrected chi connectivity index (χ1v) is 10.3. The Hall–Kier alpha value is -2.18. The first-order valence-electron chi connectivity index (χ1n) is 8.01. The van der Waals surface area contributed by atoms with Crippen molar-refractivity contribution < 1.29 is 17.6 Å². The number of hydrogen-bond donors (Lipinski definition) is 0. The van der Waals surface area contributed by atoms with Gasteiger partial charge in [-0.05, 0) is 41.8 Å². The van der Waals surface area contributed by atoms with Gasteiger partial charge < -0.3 is 4.90 Å². The van der Waals surface area contributed by atoms with Crippen molar-refractivity contribution in [2.45, 2.75) is 12.5 Å². The van der Waals surface area contributed by atoms with E-state index in [2.05, 4.69) is 0 Å². The lowest BCUT2D eigenvalue weighted by atomic mass is 10.0. The molecule has 2 aromatic rings. The van der Waals surface area contributed by atoms with Gasteiger partial charge in [-0.3, -0.25) is 4.79 Å². The second-order valence-electron chi connectivity index (χ2n) is 6.06. The lowest BCUT2D eigenvalue weighted by Crippen LogP contribution is -2.42. The van der Waals surface area contributed by atoms with Gasteiger partial charge in [0.2, 0.25) is 5.91 Å². The quantitative estimate of drug-likeness (QED) is 0.732. The number of sulfone groups is 1. The highest BCUT2D eigenvalue weighted by Gasteiger charge is 2.32. The maximum atomic E-state index is 13.9. The molecule has 0 aromatic heterocycles. The monoisotopic (exact) mass is 393 g/mol. The summed E-state index contributed by atoms with van der Waals surface area (Å²) in [5.74, 6) is -1.36. The minimum absolute atomic E-state index is 0.211. The molecule has 2 aromatic carbocycles. The van der Waals surface area contributed by atoms with Crippen LogP contribution in [-0.2, 0) is 21.1 Å². The normalized spacial score (nSPS) is 18.0. The number of carbonyl (C=O) groups is 1. The molecule has 136 valence electrons. The predicted molar refractivity (Wildman–Crippen MR) is 101 cm³/mol. The summed E-state index contributed by atoms with van der Waals surface area (Å²) in [6, 6.07) is 12.9. The molecule has 0 bridgehead atoms. The maximum absolute atomic E-state index is 13.9. The summed E-state index contributed by atoms with van der Waals surface area (Å²) >= 11 is 5.75. The average molecular weight is 394 g/mol. The molecule has 1 atom stereocenters. The fourth-order valence-corrected chi connectivity index (χ4v) is 4.43. The van der Waals surface area contributed by atoms with E-state index in [0.717, 1.165) is 11.0 Å². The van der Waals surface area contributed by atoms with Crippen LogP contribution in [0, 0.1) is 5.82 Å². The standard InChI is InChI=1S/C19H17ClFNO3S/c20-12-19(23)22(17-8-9-26(24,25)13-17)18-7-6-16(21)11-15(18)10-14-4-2-1-3-5-14/h1-9,11,17H,10,12-13H2. The molecule has 0 spiro atoms. The Kier molecular flexibility index (Phi) is 5.44. The van der Waals surface area contributed by atoms with Gasteiger partial charge >= 0.3 is 0 Å². The summed E-state index contributed by atoms with van der Waals surface area (Å²) in [6.45, 7) is 0. The molecule has 7 heteroatoms. The molecule has 0 N–H and O–H groups in total. The second kappa shape index (κ2) is 7.60. The van der Waals surface area contributed by atoms with Gasteiger partial charge in [0.05, 0.1) is 11.8 Å². The first kappa shape index (κ1) is 18.6. The molecule has 4 nitrogen and oxygen atoms in total. The molecule has 26 heavy (non-hydrogen) atoms. The van der Waals surface area contributed by atoms with Crippen LogP contribution in [0.2, 0.25) is 0 Å². The third kappa shape index (κ3) is 4.14. The molecule has 0 radical (unpaired) electrons. The van der Waals surface area contributed by atoms with Crippen LogP contribution in [0.1, 0.15) is 11.1 Å². The lowest BCUT2D eigenvalue weighted by Gasteiger charge is -2.29. The van der Waals surface area contributed by atoms with Crippen molar-refractivity contribution in [3.8, 4) is 0 Å². The highest BCUT2D eigenvalue weighted by atomic mass is 35.5. The van der Waals surface area contributed by atoms with Crippen molar-refractivity contribution in [2.75, 3.05) is 16.5 Å². The number of rotatable bonds is 5. The number of halogens is 2. The van der Waals surface area contributed by atoms with Gasteiger partial charge in [0.1, 0.15) is 11.7 Å². The average Bonchev–Trinajstić information content (AvgIpc) is 2.97. The molecule has 0 saturated carbocycles. The maximum Gasteiger partial charge on any atom is 0.242 e. The van der Waals surface area contributed by atoms with Crippen molar-refractivity contribution in [1.29, 1.82) is 0 Å². The summed E-state index contributed by atoms with van der Waals surface area (Å²) in [6.07, 6.45) is 1.87. The zero-order valence-corrected chi connectivity index (χ0v) is 15.4.